The Kier molecular flexibility index (Phi) is 7.51. The second kappa shape index (κ2) is 11.1. The molecule has 7 nitrogen and oxygen atoms in total. The molecule has 192 valence electrons. The molecular formula is C30H31NO6. The molecule has 0 N–H and O–H groups in total. The molecule has 0 unspecified atom stereocenters. The van der Waals surface area contributed by atoms with Crippen molar-refractivity contribution in [3.63, 3.8) is 0 Å². The van der Waals surface area contributed by atoms with Crippen LogP contribution in [0.2, 0.25) is 0 Å². The molecule has 0 saturated carbocycles. The first-order chi connectivity index (χ1) is 18.1. The van der Waals surface area contributed by atoms with Gasteiger partial charge in [0, 0.05) is 30.4 Å². The van der Waals surface area contributed by atoms with Crippen molar-refractivity contribution in [2.75, 3.05) is 13.9 Å². The van der Waals surface area contributed by atoms with E-state index in [9.17, 15) is 14.9 Å². The van der Waals surface area contributed by atoms with E-state index in [1.165, 1.54) is 28.3 Å². The van der Waals surface area contributed by atoms with Crippen molar-refractivity contribution in [2.24, 2.45) is 0 Å². The van der Waals surface area contributed by atoms with Crippen LogP contribution in [0.5, 0.6) is 11.5 Å². The lowest BCUT2D eigenvalue weighted by molar-refractivity contribution is -0.384. The number of nitro groups is 1. The van der Waals surface area contributed by atoms with Crippen LogP contribution >= 0.6 is 0 Å². The van der Waals surface area contributed by atoms with Gasteiger partial charge in [-0.15, -0.1) is 0 Å². The van der Waals surface area contributed by atoms with E-state index in [-0.39, 0.29) is 19.1 Å². The zero-order valence-electron chi connectivity index (χ0n) is 21.1. The average molecular weight is 502 g/mol. The third kappa shape index (κ3) is 5.09. The summed E-state index contributed by atoms with van der Waals surface area (Å²) in [6, 6.07) is 12.6. The van der Waals surface area contributed by atoms with Crippen LogP contribution in [0.4, 0.5) is 5.69 Å². The van der Waals surface area contributed by atoms with Gasteiger partial charge in [-0.2, -0.15) is 0 Å². The number of nitrogens with zero attached hydrogens (tertiary/aromatic N) is 1. The van der Waals surface area contributed by atoms with Gasteiger partial charge in [0.05, 0.1) is 10.5 Å². The highest BCUT2D eigenvalue weighted by atomic mass is 16.7. The number of ether oxygens (including phenoxy) is 3. The van der Waals surface area contributed by atoms with Gasteiger partial charge < -0.3 is 14.2 Å². The maximum Gasteiger partial charge on any atom is 0.269 e. The topological polar surface area (TPSA) is 87.9 Å². The molecule has 0 radical (unpaired) electrons. The Morgan fingerprint density at radius 3 is 2.35 bits per heavy atom. The number of carbonyl (C=O) groups is 1. The summed E-state index contributed by atoms with van der Waals surface area (Å²) in [5, 5.41) is 11.3. The Bertz CT molecular complexity index is 1330. The molecule has 3 aromatic carbocycles. The second-order valence-electron chi connectivity index (χ2n) is 9.68. The minimum absolute atomic E-state index is 0.0333. The monoisotopic (exact) mass is 501 g/mol. The fourth-order valence-corrected chi connectivity index (χ4v) is 5.66. The minimum Gasteiger partial charge on any atom is -0.488 e. The third-order valence-corrected chi connectivity index (χ3v) is 7.34. The number of non-ortho nitro benzene ring substituents is 1. The number of hydrogen-bond acceptors (Lipinski definition) is 6. The SMILES string of the molecule is COCOc1c(C=O)cc2c(c1-c1c(OCc3cccc([N+](=O)[O-])c3)ccc3c1CCCC3)CCCC2. The smallest absolute Gasteiger partial charge is 0.269 e. The molecule has 7 heteroatoms. The normalized spacial score (nSPS) is 14.4. The number of aryl methyl sites for hydroxylation is 2. The molecule has 0 aromatic heterocycles. The molecule has 0 heterocycles. The van der Waals surface area contributed by atoms with Crippen LogP contribution in [0.15, 0.2) is 42.5 Å². The molecule has 0 atom stereocenters. The Balaban J connectivity index is 1.68. The van der Waals surface area contributed by atoms with E-state index < -0.39 is 4.92 Å². The van der Waals surface area contributed by atoms with E-state index in [0.717, 1.165) is 74.3 Å². The summed E-state index contributed by atoms with van der Waals surface area (Å²) >= 11 is 0. The van der Waals surface area contributed by atoms with Gasteiger partial charge in [0.2, 0.25) is 0 Å². The van der Waals surface area contributed by atoms with Gasteiger partial charge >= 0.3 is 0 Å². The second-order valence-corrected chi connectivity index (χ2v) is 9.68. The quantitative estimate of drug-likeness (QED) is 0.146. The minimum atomic E-state index is -0.398. The van der Waals surface area contributed by atoms with Crippen LogP contribution in [0.1, 0.15) is 63.9 Å². The Morgan fingerprint density at radius 2 is 1.62 bits per heavy atom. The zero-order valence-corrected chi connectivity index (χ0v) is 21.1. The van der Waals surface area contributed by atoms with E-state index in [2.05, 4.69) is 6.07 Å². The summed E-state index contributed by atoms with van der Waals surface area (Å²) in [4.78, 5) is 23.1. The molecule has 0 spiro atoms. The fraction of sp³-hybridized carbons (Fsp3) is 0.367. The zero-order chi connectivity index (χ0) is 25.8. The summed E-state index contributed by atoms with van der Waals surface area (Å²) in [6.07, 6.45) is 8.99. The van der Waals surface area contributed by atoms with Crippen molar-refractivity contribution < 1.29 is 23.9 Å². The first-order valence-corrected chi connectivity index (χ1v) is 12.9. The highest BCUT2D eigenvalue weighted by Gasteiger charge is 2.28. The summed E-state index contributed by atoms with van der Waals surface area (Å²) in [6.45, 7) is 0.225. The van der Waals surface area contributed by atoms with Crippen molar-refractivity contribution in [3.8, 4) is 22.6 Å². The van der Waals surface area contributed by atoms with Gasteiger partial charge in [0.25, 0.3) is 5.69 Å². The van der Waals surface area contributed by atoms with E-state index in [4.69, 9.17) is 14.2 Å². The Hall–Kier alpha value is -3.71. The van der Waals surface area contributed by atoms with Gasteiger partial charge in [-0.05, 0) is 91.3 Å². The van der Waals surface area contributed by atoms with Crippen LogP contribution in [0.25, 0.3) is 11.1 Å². The predicted octanol–water partition coefficient (Wildman–Crippen LogP) is 6.39. The van der Waals surface area contributed by atoms with Gasteiger partial charge in [-0.1, -0.05) is 18.2 Å². The lowest BCUT2D eigenvalue weighted by Gasteiger charge is -2.28. The van der Waals surface area contributed by atoms with Crippen LogP contribution in [0.3, 0.4) is 0 Å². The highest BCUT2D eigenvalue weighted by molar-refractivity contribution is 5.91. The van der Waals surface area contributed by atoms with E-state index in [0.29, 0.717) is 17.1 Å². The Morgan fingerprint density at radius 1 is 0.892 bits per heavy atom. The lowest BCUT2D eigenvalue weighted by Crippen LogP contribution is -2.13. The maximum absolute atomic E-state index is 12.2. The van der Waals surface area contributed by atoms with Gasteiger partial charge in [-0.3, -0.25) is 14.9 Å². The van der Waals surface area contributed by atoms with E-state index in [1.807, 2.05) is 18.2 Å². The van der Waals surface area contributed by atoms with Gasteiger partial charge in [-0.25, -0.2) is 0 Å². The molecule has 2 aliphatic carbocycles. The van der Waals surface area contributed by atoms with Crippen LogP contribution in [0, 0.1) is 10.1 Å². The van der Waals surface area contributed by atoms with E-state index in [1.54, 1.807) is 19.2 Å². The van der Waals surface area contributed by atoms with Crippen LogP contribution < -0.4 is 9.47 Å². The third-order valence-electron chi connectivity index (χ3n) is 7.34. The number of fused-ring (bicyclic) bond motifs is 2. The van der Waals surface area contributed by atoms with Crippen molar-refractivity contribution in [3.05, 3.63) is 86.0 Å². The molecule has 2 aliphatic rings. The number of aldehydes is 1. The average Bonchev–Trinajstić information content (AvgIpc) is 2.94. The van der Waals surface area contributed by atoms with Crippen LogP contribution in [-0.4, -0.2) is 25.1 Å². The van der Waals surface area contributed by atoms with Crippen molar-refractivity contribution in [2.45, 2.75) is 58.0 Å². The van der Waals surface area contributed by atoms with Gasteiger partial charge in [0.1, 0.15) is 18.1 Å². The highest BCUT2D eigenvalue weighted by Crippen LogP contribution is 2.48. The number of nitro benzene ring substituents is 1. The fourth-order valence-electron chi connectivity index (χ4n) is 5.66. The molecule has 0 amide bonds. The van der Waals surface area contributed by atoms with Gasteiger partial charge in [0.15, 0.2) is 13.1 Å². The summed E-state index contributed by atoms with van der Waals surface area (Å²) in [5.41, 5.74) is 8.12. The summed E-state index contributed by atoms with van der Waals surface area (Å²) in [5.74, 6) is 1.24. The molecule has 0 fully saturated rings. The molecule has 0 aliphatic heterocycles. The first kappa shape index (κ1) is 25.0. The predicted molar refractivity (Wildman–Crippen MR) is 140 cm³/mol. The molecule has 3 aromatic rings. The molecule has 5 rings (SSSR count). The number of benzene rings is 3. The summed E-state index contributed by atoms with van der Waals surface area (Å²) < 4.78 is 17.7. The van der Waals surface area contributed by atoms with Crippen LogP contribution in [-0.2, 0) is 37.0 Å². The van der Waals surface area contributed by atoms with Crippen molar-refractivity contribution >= 4 is 12.0 Å². The lowest BCUT2D eigenvalue weighted by atomic mass is 9.79. The number of hydrogen-bond donors (Lipinski definition) is 0. The maximum atomic E-state index is 12.2. The van der Waals surface area contributed by atoms with Crippen molar-refractivity contribution in [1.82, 2.24) is 0 Å². The van der Waals surface area contributed by atoms with Crippen molar-refractivity contribution in [1.29, 1.82) is 0 Å². The molecular weight excluding hydrogens is 470 g/mol. The molecule has 37 heavy (non-hydrogen) atoms. The van der Waals surface area contributed by atoms with E-state index >= 15 is 0 Å². The number of rotatable bonds is 9. The first-order valence-electron chi connectivity index (χ1n) is 12.9. The number of carbonyl (C=O) groups excluding carboxylic acids is 1. The molecule has 0 bridgehead atoms. The Labute approximate surface area is 216 Å². The largest absolute Gasteiger partial charge is 0.488 e. The standard InChI is InChI=1S/C30H31NO6/c1-35-19-37-30-23(17-32)16-22-9-3-5-12-26(22)29(30)28-25-11-4-2-8-21(25)13-14-27(28)36-18-20-7-6-10-24(15-20)31(33)34/h6-7,10,13-17H,2-5,8-9,11-12,18-19H2,1H3. The summed E-state index contributed by atoms with van der Waals surface area (Å²) in [7, 11) is 1.57. The number of methoxy groups -OCH3 is 1. The molecule has 0 saturated heterocycles.